The summed E-state index contributed by atoms with van der Waals surface area (Å²) in [5, 5.41) is 1.80. The van der Waals surface area contributed by atoms with Crippen molar-refractivity contribution >= 4 is 17.3 Å². The predicted octanol–water partition coefficient (Wildman–Crippen LogP) is 1.26. The predicted molar refractivity (Wildman–Crippen MR) is 54.8 cm³/mol. The van der Waals surface area contributed by atoms with Crippen LogP contribution in [0.25, 0.3) is 0 Å². The summed E-state index contributed by atoms with van der Waals surface area (Å²) >= 11 is 1.31. The third kappa shape index (κ3) is 2.71. The Balaban J connectivity index is 2.58. The highest BCUT2D eigenvalue weighted by molar-refractivity contribution is 7.12. The number of rotatable bonds is 5. The number of hydrogen-bond donors (Lipinski definition) is 1. The molecule has 0 aliphatic heterocycles. The number of hydrogen-bond acceptors (Lipinski definition) is 5. The number of esters is 1. The molecular weight excluding hydrogens is 202 g/mol. The molecule has 0 aromatic carbocycles. The molecule has 4 nitrogen and oxygen atoms in total. The third-order valence-corrected chi connectivity index (χ3v) is 2.48. The number of nitrogens with two attached hydrogens (primary N) is 1. The highest BCUT2D eigenvalue weighted by Gasteiger charge is 2.14. The zero-order valence-electron chi connectivity index (χ0n) is 7.99. The van der Waals surface area contributed by atoms with Crippen LogP contribution in [0.2, 0.25) is 0 Å². The monoisotopic (exact) mass is 215 g/mol. The summed E-state index contributed by atoms with van der Waals surface area (Å²) in [5.74, 6) is 0.220. The first-order valence-corrected chi connectivity index (χ1v) is 5.16. The van der Waals surface area contributed by atoms with E-state index in [9.17, 15) is 4.79 Å². The fourth-order valence-electron chi connectivity index (χ4n) is 0.918. The van der Waals surface area contributed by atoms with Crippen molar-refractivity contribution in [3.05, 3.63) is 16.3 Å². The van der Waals surface area contributed by atoms with E-state index in [-0.39, 0.29) is 5.97 Å². The maximum atomic E-state index is 11.2. The Labute approximate surface area is 86.6 Å². The Morgan fingerprint density at radius 2 is 2.43 bits per heavy atom. The molecule has 2 N–H and O–H groups in total. The van der Waals surface area contributed by atoms with Crippen LogP contribution in [-0.2, 0) is 4.74 Å². The van der Waals surface area contributed by atoms with Gasteiger partial charge in [-0.3, -0.25) is 0 Å². The third-order valence-electron chi connectivity index (χ3n) is 1.61. The van der Waals surface area contributed by atoms with Crippen LogP contribution in [0.1, 0.15) is 16.1 Å². The van der Waals surface area contributed by atoms with Gasteiger partial charge in [0.1, 0.15) is 5.75 Å². The van der Waals surface area contributed by atoms with Gasteiger partial charge < -0.3 is 15.2 Å². The van der Waals surface area contributed by atoms with E-state index in [1.807, 2.05) is 0 Å². The van der Waals surface area contributed by atoms with Crippen molar-refractivity contribution in [3.8, 4) is 5.75 Å². The Kier molecular flexibility index (Phi) is 4.42. The first kappa shape index (κ1) is 11.0. The molecule has 78 valence electrons. The highest BCUT2D eigenvalue weighted by Crippen LogP contribution is 2.25. The lowest BCUT2D eigenvalue weighted by Crippen LogP contribution is -2.08. The second-order valence-electron chi connectivity index (χ2n) is 2.60. The van der Waals surface area contributed by atoms with Crippen molar-refractivity contribution < 1.29 is 14.3 Å². The average Bonchev–Trinajstić information content (AvgIpc) is 2.65. The van der Waals surface area contributed by atoms with Gasteiger partial charge in [0.05, 0.1) is 13.7 Å². The standard InChI is InChI=1S/C9H13NO3S/c1-12-9(11)8-7(3-6-14-8)13-5-2-4-10/h3,6H,2,4-5,10H2,1H3. The first-order valence-electron chi connectivity index (χ1n) is 4.28. The fraction of sp³-hybridized carbons (Fsp3) is 0.444. The van der Waals surface area contributed by atoms with Crippen molar-refractivity contribution in [1.29, 1.82) is 0 Å². The van der Waals surface area contributed by atoms with E-state index in [2.05, 4.69) is 4.74 Å². The second kappa shape index (κ2) is 5.62. The summed E-state index contributed by atoms with van der Waals surface area (Å²) in [5.41, 5.74) is 5.32. The topological polar surface area (TPSA) is 61.5 Å². The van der Waals surface area contributed by atoms with Gasteiger partial charge in [-0.15, -0.1) is 11.3 Å². The maximum Gasteiger partial charge on any atom is 0.351 e. The lowest BCUT2D eigenvalue weighted by molar-refractivity contribution is 0.0602. The van der Waals surface area contributed by atoms with Crippen LogP contribution >= 0.6 is 11.3 Å². The van der Waals surface area contributed by atoms with Crippen molar-refractivity contribution in [2.45, 2.75) is 6.42 Å². The Bertz CT molecular complexity index is 298. The molecule has 0 saturated heterocycles. The largest absolute Gasteiger partial charge is 0.492 e. The molecule has 0 amide bonds. The number of ether oxygens (including phenoxy) is 2. The molecule has 14 heavy (non-hydrogen) atoms. The van der Waals surface area contributed by atoms with Gasteiger partial charge in [-0.25, -0.2) is 4.79 Å². The molecule has 0 radical (unpaired) electrons. The van der Waals surface area contributed by atoms with Gasteiger partial charge in [-0.05, 0) is 24.4 Å². The summed E-state index contributed by atoms with van der Waals surface area (Å²) in [7, 11) is 1.35. The van der Waals surface area contributed by atoms with Gasteiger partial charge in [-0.1, -0.05) is 0 Å². The molecule has 0 saturated carbocycles. The van der Waals surface area contributed by atoms with E-state index in [1.54, 1.807) is 11.4 Å². The summed E-state index contributed by atoms with van der Waals surface area (Å²) in [6.45, 7) is 1.11. The van der Waals surface area contributed by atoms with E-state index >= 15 is 0 Å². The molecule has 1 aromatic rings. The minimum atomic E-state index is -0.359. The van der Waals surface area contributed by atoms with E-state index in [1.165, 1.54) is 18.4 Å². The SMILES string of the molecule is COC(=O)c1sccc1OCCCN. The molecule has 5 heteroatoms. The van der Waals surface area contributed by atoms with Gasteiger partial charge in [0, 0.05) is 0 Å². The quantitative estimate of drug-likeness (QED) is 0.593. The smallest absolute Gasteiger partial charge is 0.351 e. The van der Waals surface area contributed by atoms with E-state index < -0.39 is 0 Å². The summed E-state index contributed by atoms with van der Waals surface area (Å²) in [4.78, 5) is 11.7. The van der Waals surface area contributed by atoms with Gasteiger partial charge in [0.15, 0.2) is 4.88 Å². The first-order chi connectivity index (χ1) is 6.79. The van der Waals surface area contributed by atoms with Crippen molar-refractivity contribution in [2.24, 2.45) is 5.73 Å². The van der Waals surface area contributed by atoms with Crippen LogP contribution in [0.5, 0.6) is 5.75 Å². The van der Waals surface area contributed by atoms with Crippen LogP contribution in [0.3, 0.4) is 0 Å². The normalized spacial score (nSPS) is 9.86. The van der Waals surface area contributed by atoms with Crippen LogP contribution < -0.4 is 10.5 Å². The summed E-state index contributed by atoms with van der Waals surface area (Å²) in [6, 6.07) is 1.76. The Morgan fingerprint density at radius 1 is 1.64 bits per heavy atom. The maximum absolute atomic E-state index is 11.2. The summed E-state index contributed by atoms with van der Waals surface area (Å²) < 4.78 is 9.98. The minimum Gasteiger partial charge on any atom is -0.492 e. The van der Waals surface area contributed by atoms with Crippen molar-refractivity contribution in [1.82, 2.24) is 0 Å². The van der Waals surface area contributed by atoms with E-state index in [4.69, 9.17) is 10.5 Å². The molecule has 0 spiro atoms. The molecule has 1 aromatic heterocycles. The second-order valence-corrected chi connectivity index (χ2v) is 3.51. The van der Waals surface area contributed by atoms with Crippen molar-refractivity contribution in [3.63, 3.8) is 0 Å². The van der Waals surface area contributed by atoms with Crippen molar-refractivity contribution in [2.75, 3.05) is 20.3 Å². The zero-order chi connectivity index (χ0) is 10.4. The molecule has 0 aliphatic carbocycles. The molecule has 0 bridgehead atoms. The molecule has 0 unspecified atom stereocenters. The number of thiophene rings is 1. The molecular formula is C9H13NO3S. The van der Waals surface area contributed by atoms with Gasteiger partial charge in [-0.2, -0.15) is 0 Å². The van der Waals surface area contributed by atoms with Crippen LogP contribution in [0, 0.1) is 0 Å². The lowest BCUT2D eigenvalue weighted by Gasteiger charge is -2.04. The Hall–Kier alpha value is -1.07. The summed E-state index contributed by atoms with van der Waals surface area (Å²) in [6.07, 6.45) is 0.774. The molecule has 0 atom stereocenters. The molecule has 1 heterocycles. The van der Waals surface area contributed by atoms with Gasteiger partial charge >= 0.3 is 5.97 Å². The molecule has 0 aliphatic rings. The van der Waals surface area contributed by atoms with Gasteiger partial charge in [0.25, 0.3) is 0 Å². The van der Waals surface area contributed by atoms with E-state index in [0.717, 1.165) is 6.42 Å². The lowest BCUT2D eigenvalue weighted by atomic mass is 10.4. The number of methoxy groups -OCH3 is 1. The van der Waals surface area contributed by atoms with Crippen LogP contribution in [0.4, 0.5) is 0 Å². The molecule has 0 fully saturated rings. The minimum absolute atomic E-state index is 0.359. The van der Waals surface area contributed by atoms with Crippen LogP contribution in [-0.4, -0.2) is 26.2 Å². The van der Waals surface area contributed by atoms with Gasteiger partial charge in [0.2, 0.25) is 0 Å². The Morgan fingerprint density at radius 3 is 3.07 bits per heavy atom. The number of carbonyl (C=O) groups excluding carboxylic acids is 1. The average molecular weight is 215 g/mol. The van der Waals surface area contributed by atoms with Crippen LogP contribution in [0.15, 0.2) is 11.4 Å². The fourth-order valence-corrected chi connectivity index (χ4v) is 1.67. The highest BCUT2D eigenvalue weighted by atomic mass is 32.1. The van der Waals surface area contributed by atoms with E-state index in [0.29, 0.717) is 23.8 Å². The zero-order valence-corrected chi connectivity index (χ0v) is 8.80. The molecule has 1 rings (SSSR count). The number of carbonyl (C=O) groups is 1.